The van der Waals surface area contributed by atoms with Crippen LogP contribution in [0.15, 0.2) is 46.3 Å². The molecule has 1 aromatic rings. The molecule has 0 amide bonds. The van der Waals surface area contributed by atoms with Crippen molar-refractivity contribution >= 4 is 5.97 Å². The number of carbonyl (C=O) groups is 1. The minimum Gasteiger partial charge on any atom is -0.472 e. The normalized spacial score (nSPS) is 20.0. The lowest BCUT2D eigenvalue weighted by Crippen LogP contribution is -2.12. The third kappa shape index (κ3) is 7.18. The van der Waals surface area contributed by atoms with Crippen molar-refractivity contribution in [2.75, 3.05) is 0 Å². The number of esters is 1. The van der Waals surface area contributed by atoms with Crippen LogP contribution in [0.4, 0.5) is 0 Å². The Kier molecular flexibility index (Phi) is 8.13. The second-order valence-electron chi connectivity index (χ2n) is 7.30. The SMILES string of the molecule is C/C(=C\CCc1ccoc1)C[C@H](O)C[C@H](C)CCCC1=CC(O)OC1=O. The average Bonchev–Trinajstić information content (AvgIpc) is 3.17. The minimum absolute atomic E-state index is 0.340. The fourth-order valence-electron chi connectivity index (χ4n) is 3.33. The van der Waals surface area contributed by atoms with E-state index in [2.05, 4.69) is 24.7 Å². The topological polar surface area (TPSA) is 79.9 Å². The molecule has 1 unspecified atom stereocenters. The number of hydrogen-bond acceptors (Lipinski definition) is 5. The van der Waals surface area contributed by atoms with Crippen LogP contribution in [0.25, 0.3) is 0 Å². The number of cyclic esters (lactones) is 1. The van der Waals surface area contributed by atoms with Gasteiger partial charge in [-0.3, -0.25) is 0 Å². The number of ether oxygens (including phenoxy) is 1. The summed E-state index contributed by atoms with van der Waals surface area (Å²) in [5.41, 5.74) is 2.96. The van der Waals surface area contributed by atoms with E-state index in [0.29, 0.717) is 24.3 Å². The fourth-order valence-corrected chi connectivity index (χ4v) is 3.33. The van der Waals surface area contributed by atoms with Crippen LogP contribution in [0.5, 0.6) is 0 Å². The van der Waals surface area contributed by atoms with Gasteiger partial charge in [-0.2, -0.15) is 0 Å². The Morgan fingerprint density at radius 2 is 2.19 bits per heavy atom. The van der Waals surface area contributed by atoms with Crippen molar-refractivity contribution in [2.45, 2.75) is 71.2 Å². The second kappa shape index (κ2) is 10.3. The highest BCUT2D eigenvalue weighted by molar-refractivity contribution is 5.90. The van der Waals surface area contributed by atoms with Crippen molar-refractivity contribution in [3.8, 4) is 0 Å². The number of allylic oxidation sites excluding steroid dienone is 1. The zero-order valence-corrected chi connectivity index (χ0v) is 15.7. The quantitative estimate of drug-likeness (QED) is 0.461. The largest absolute Gasteiger partial charge is 0.472 e. The van der Waals surface area contributed by atoms with E-state index in [1.54, 1.807) is 12.5 Å². The molecule has 0 fully saturated rings. The lowest BCUT2D eigenvalue weighted by atomic mass is 9.93. The molecule has 2 heterocycles. The molecule has 2 N–H and O–H groups in total. The van der Waals surface area contributed by atoms with Crippen LogP contribution < -0.4 is 0 Å². The van der Waals surface area contributed by atoms with Crippen LogP contribution in [-0.2, 0) is 16.0 Å². The monoisotopic (exact) mass is 362 g/mol. The van der Waals surface area contributed by atoms with E-state index < -0.39 is 12.3 Å². The Morgan fingerprint density at radius 1 is 1.38 bits per heavy atom. The summed E-state index contributed by atoms with van der Waals surface area (Å²) in [5, 5.41) is 19.5. The minimum atomic E-state index is -1.08. The molecular weight excluding hydrogens is 332 g/mol. The number of carbonyl (C=O) groups excluding carboxylic acids is 1. The first-order valence-corrected chi connectivity index (χ1v) is 9.38. The number of rotatable bonds is 11. The number of hydrogen-bond donors (Lipinski definition) is 2. The highest BCUT2D eigenvalue weighted by Crippen LogP contribution is 2.22. The number of aryl methyl sites for hydroxylation is 1. The highest BCUT2D eigenvalue weighted by atomic mass is 16.6. The lowest BCUT2D eigenvalue weighted by molar-refractivity contribution is -0.151. The van der Waals surface area contributed by atoms with Crippen molar-refractivity contribution in [1.29, 1.82) is 0 Å². The summed E-state index contributed by atoms with van der Waals surface area (Å²) >= 11 is 0. The Labute approximate surface area is 155 Å². The maximum absolute atomic E-state index is 11.4. The Hall–Kier alpha value is -1.85. The molecule has 5 heteroatoms. The van der Waals surface area contributed by atoms with Gasteiger partial charge in [-0.05, 0) is 69.1 Å². The summed E-state index contributed by atoms with van der Waals surface area (Å²) in [7, 11) is 0. The van der Waals surface area contributed by atoms with Crippen molar-refractivity contribution in [3.05, 3.63) is 47.5 Å². The fraction of sp³-hybridized carbons (Fsp3) is 0.571. The van der Waals surface area contributed by atoms with Gasteiger partial charge < -0.3 is 19.4 Å². The third-order valence-corrected chi connectivity index (χ3v) is 4.71. The number of aliphatic hydroxyl groups excluding tert-OH is 2. The lowest BCUT2D eigenvalue weighted by Gasteiger charge is -2.16. The average molecular weight is 362 g/mol. The molecule has 0 aromatic carbocycles. The zero-order chi connectivity index (χ0) is 18.9. The standard InChI is InChI=1S/C21H30O5/c1-15(5-3-7-17-9-10-25-14-17)11-19(22)12-16(2)6-4-8-18-13-20(23)26-21(18)24/h5,9-10,13-14,16,19-20,22-23H,3-4,6-8,11-12H2,1-2H3/b15-5+/t16-,19+,20?/m1/s1. The van der Waals surface area contributed by atoms with Crippen LogP contribution in [-0.4, -0.2) is 28.6 Å². The van der Waals surface area contributed by atoms with Gasteiger partial charge in [0.2, 0.25) is 6.29 Å². The molecule has 5 nitrogen and oxygen atoms in total. The van der Waals surface area contributed by atoms with E-state index in [4.69, 9.17) is 4.42 Å². The Morgan fingerprint density at radius 3 is 2.85 bits per heavy atom. The Bertz CT molecular complexity index is 614. The van der Waals surface area contributed by atoms with Crippen LogP contribution in [0.2, 0.25) is 0 Å². The smallest absolute Gasteiger partial charge is 0.336 e. The molecule has 2 rings (SSSR count). The number of aliphatic hydroxyl groups is 2. The summed E-state index contributed by atoms with van der Waals surface area (Å²) < 4.78 is 9.72. The van der Waals surface area contributed by atoms with Gasteiger partial charge in [-0.1, -0.05) is 25.0 Å². The van der Waals surface area contributed by atoms with Crippen molar-refractivity contribution in [2.24, 2.45) is 5.92 Å². The van der Waals surface area contributed by atoms with E-state index in [-0.39, 0.29) is 6.10 Å². The second-order valence-corrected chi connectivity index (χ2v) is 7.30. The molecule has 144 valence electrons. The van der Waals surface area contributed by atoms with E-state index in [1.165, 1.54) is 17.2 Å². The van der Waals surface area contributed by atoms with E-state index in [9.17, 15) is 15.0 Å². The van der Waals surface area contributed by atoms with Crippen LogP contribution in [0.3, 0.4) is 0 Å². The molecule has 26 heavy (non-hydrogen) atoms. The maximum Gasteiger partial charge on any atom is 0.336 e. The first-order chi connectivity index (χ1) is 12.4. The molecule has 1 aliphatic rings. The van der Waals surface area contributed by atoms with Gasteiger partial charge in [0.05, 0.1) is 18.6 Å². The van der Waals surface area contributed by atoms with Crippen molar-refractivity contribution in [1.82, 2.24) is 0 Å². The van der Waals surface area contributed by atoms with Crippen LogP contribution in [0.1, 0.15) is 57.9 Å². The molecule has 1 aromatic heterocycles. The van der Waals surface area contributed by atoms with E-state index >= 15 is 0 Å². The summed E-state index contributed by atoms with van der Waals surface area (Å²) in [4.78, 5) is 11.4. The molecule has 0 saturated carbocycles. The first kappa shape index (κ1) is 20.5. The molecule has 0 spiro atoms. The molecule has 0 aliphatic carbocycles. The van der Waals surface area contributed by atoms with Gasteiger partial charge >= 0.3 is 5.97 Å². The van der Waals surface area contributed by atoms with Crippen molar-refractivity contribution in [3.63, 3.8) is 0 Å². The molecule has 1 aliphatic heterocycles. The van der Waals surface area contributed by atoms with Crippen LogP contribution in [0, 0.1) is 5.92 Å². The molecular formula is C21H30O5. The predicted molar refractivity (Wildman–Crippen MR) is 99.2 cm³/mol. The molecule has 0 saturated heterocycles. The van der Waals surface area contributed by atoms with Crippen LogP contribution >= 0.6 is 0 Å². The Balaban J connectivity index is 1.60. The van der Waals surface area contributed by atoms with Gasteiger partial charge in [0.1, 0.15) is 0 Å². The van der Waals surface area contributed by atoms with Gasteiger partial charge in [0.15, 0.2) is 0 Å². The predicted octanol–water partition coefficient (Wildman–Crippen LogP) is 3.91. The molecule has 3 atom stereocenters. The summed E-state index contributed by atoms with van der Waals surface area (Å²) in [6.07, 6.45) is 11.4. The van der Waals surface area contributed by atoms with Gasteiger partial charge in [0.25, 0.3) is 0 Å². The summed E-state index contributed by atoms with van der Waals surface area (Å²) in [5.74, 6) is -0.0342. The molecule has 0 bridgehead atoms. The zero-order valence-electron chi connectivity index (χ0n) is 15.7. The van der Waals surface area contributed by atoms with Crippen molar-refractivity contribution < 1.29 is 24.2 Å². The summed E-state index contributed by atoms with van der Waals surface area (Å²) in [6, 6.07) is 1.97. The third-order valence-electron chi connectivity index (χ3n) is 4.71. The maximum atomic E-state index is 11.4. The van der Waals surface area contributed by atoms with Gasteiger partial charge in [0, 0.05) is 5.57 Å². The highest BCUT2D eigenvalue weighted by Gasteiger charge is 2.23. The first-order valence-electron chi connectivity index (χ1n) is 9.38. The number of furan rings is 1. The summed E-state index contributed by atoms with van der Waals surface area (Å²) in [6.45, 7) is 4.18. The van der Waals surface area contributed by atoms with E-state index in [0.717, 1.165) is 32.1 Å². The van der Waals surface area contributed by atoms with Gasteiger partial charge in [-0.15, -0.1) is 0 Å². The van der Waals surface area contributed by atoms with E-state index in [1.807, 2.05) is 6.07 Å². The molecule has 0 radical (unpaired) electrons. The van der Waals surface area contributed by atoms with Gasteiger partial charge in [-0.25, -0.2) is 4.79 Å².